The molecular weight excluding hydrogens is 364 g/mol. The van der Waals surface area contributed by atoms with Crippen molar-refractivity contribution in [2.75, 3.05) is 23.3 Å². The second kappa shape index (κ2) is 7.17. The monoisotopic (exact) mass is 380 g/mol. The first-order chi connectivity index (χ1) is 12.3. The van der Waals surface area contributed by atoms with Crippen molar-refractivity contribution >= 4 is 28.1 Å². The molecule has 2 aliphatic carbocycles. The fraction of sp³-hybridized carbons (Fsp3) is 0.312. The van der Waals surface area contributed by atoms with Crippen LogP contribution < -0.4 is 10.5 Å². The average molecular weight is 380 g/mol. The van der Waals surface area contributed by atoms with Gasteiger partial charge in [-0.25, -0.2) is 4.79 Å². The third-order valence-corrected chi connectivity index (χ3v) is 5.96. The first-order valence-corrected chi connectivity index (χ1v) is 8.99. The topological polar surface area (TPSA) is 136 Å². The highest BCUT2D eigenvalue weighted by molar-refractivity contribution is 7.85. The third kappa shape index (κ3) is 3.24. The van der Waals surface area contributed by atoms with Gasteiger partial charge in [-0.05, 0) is 30.2 Å². The smallest absolute Gasteiger partial charge is 0.334 e. The SMILES string of the molecule is COC(=O)C1=C(CS(=O)c2ccc(N([O-])[O-])cc2N(O)O)C2C=CC1C2. The van der Waals surface area contributed by atoms with E-state index in [1.807, 2.05) is 12.2 Å². The fourth-order valence-electron chi connectivity index (χ4n) is 3.37. The lowest BCUT2D eigenvalue weighted by Gasteiger charge is -2.38. The predicted octanol–water partition coefficient (Wildman–Crippen LogP) is 1.86. The lowest BCUT2D eigenvalue weighted by Crippen LogP contribution is -2.18. The summed E-state index contributed by atoms with van der Waals surface area (Å²) in [5.41, 5.74) is 0.457. The molecule has 0 amide bonds. The van der Waals surface area contributed by atoms with E-state index in [0.717, 1.165) is 18.6 Å². The van der Waals surface area contributed by atoms with Gasteiger partial charge < -0.3 is 20.4 Å². The molecule has 2 bridgehead atoms. The number of nitrogens with zero attached hydrogens (tertiary/aromatic N) is 2. The molecule has 1 aromatic carbocycles. The van der Waals surface area contributed by atoms with Gasteiger partial charge in [-0.1, -0.05) is 12.2 Å². The Morgan fingerprint density at radius 3 is 2.62 bits per heavy atom. The Bertz CT molecular complexity index is 819. The van der Waals surface area contributed by atoms with Crippen LogP contribution in [0, 0.1) is 22.3 Å². The number of hydrogen-bond donors (Lipinski definition) is 2. The van der Waals surface area contributed by atoms with Crippen LogP contribution >= 0.6 is 0 Å². The molecule has 3 atom stereocenters. The summed E-state index contributed by atoms with van der Waals surface area (Å²) >= 11 is 0. The Balaban J connectivity index is 1.93. The Hall–Kier alpha value is -2.24. The lowest BCUT2D eigenvalue weighted by molar-refractivity contribution is -0.136. The quantitative estimate of drug-likeness (QED) is 0.430. The van der Waals surface area contributed by atoms with E-state index in [-0.39, 0.29) is 39.1 Å². The third-order valence-electron chi connectivity index (χ3n) is 4.55. The number of carbonyl (C=O) groups is 1. The number of carbonyl (C=O) groups excluding carboxylic acids is 1. The van der Waals surface area contributed by atoms with Crippen molar-refractivity contribution in [3.05, 3.63) is 51.9 Å². The van der Waals surface area contributed by atoms with Gasteiger partial charge >= 0.3 is 5.97 Å². The van der Waals surface area contributed by atoms with E-state index in [1.54, 1.807) is 0 Å². The number of anilines is 2. The molecule has 0 fully saturated rings. The van der Waals surface area contributed by atoms with Gasteiger partial charge in [0.05, 0.1) is 28.6 Å². The minimum absolute atomic E-state index is 0.00537. The van der Waals surface area contributed by atoms with Gasteiger partial charge in [-0.15, -0.1) is 5.23 Å². The van der Waals surface area contributed by atoms with E-state index in [9.17, 15) is 29.8 Å². The number of ether oxygens (including phenoxy) is 1. The Kier molecular flexibility index (Phi) is 5.12. The zero-order valence-corrected chi connectivity index (χ0v) is 14.5. The second-order valence-corrected chi connectivity index (χ2v) is 7.37. The molecule has 0 heterocycles. The molecule has 10 heteroatoms. The number of esters is 1. The average Bonchev–Trinajstić information content (AvgIpc) is 3.21. The van der Waals surface area contributed by atoms with E-state index < -0.39 is 22.0 Å². The predicted molar refractivity (Wildman–Crippen MR) is 92.8 cm³/mol. The zero-order valence-electron chi connectivity index (χ0n) is 13.7. The van der Waals surface area contributed by atoms with Crippen LogP contribution in [0.3, 0.4) is 0 Å². The van der Waals surface area contributed by atoms with Crippen LogP contribution in [0.2, 0.25) is 0 Å². The van der Waals surface area contributed by atoms with Crippen LogP contribution in [0.15, 0.2) is 46.4 Å². The molecule has 0 aromatic heterocycles. The number of fused-ring (bicyclic) bond motifs is 2. The molecule has 0 saturated carbocycles. The number of benzene rings is 1. The molecule has 9 nitrogen and oxygen atoms in total. The Morgan fingerprint density at radius 1 is 1.31 bits per heavy atom. The number of rotatable bonds is 6. The maximum Gasteiger partial charge on any atom is 0.334 e. The molecule has 1 aromatic rings. The summed E-state index contributed by atoms with van der Waals surface area (Å²) in [7, 11) is -0.470. The molecule has 0 spiro atoms. The standard InChI is InChI=1S/C16H16N2O7S/c1-25-16(19)15-10-3-2-9(6-10)12(15)8-26(24)14-5-4-11(17(20)21)7-13(14)18(22)23/h2-5,7,9-10,22-23H,6,8H2,1H3/q-2. The first-order valence-electron chi connectivity index (χ1n) is 7.67. The van der Waals surface area contributed by atoms with E-state index >= 15 is 0 Å². The van der Waals surface area contributed by atoms with Gasteiger partial charge in [0.15, 0.2) is 0 Å². The lowest BCUT2D eigenvalue weighted by atomic mass is 9.98. The molecule has 2 aliphatic rings. The van der Waals surface area contributed by atoms with Crippen LogP contribution in [0.5, 0.6) is 0 Å². The summed E-state index contributed by atoms with van der Waals surface area (Å²) in [6.45, 7) is 0. The maximum absolute atomic E-state index is 12.8. The highest BCUT2D eigenvalue weighted by atomic mass is 32.2. The number of hydrogen-bond acceptors (Lipinski definition) is 9. The minimum atomic E-state index is -1.75. The van der Waals surface area contributed by atoms with Crippen molar-refractivity contribution in [1.29, 1.82) is 0 Å². The van der Waals surface area contributed by atoms with E-state index in [4.69, 9.17) is 4.74 Å². The molecule has 0 aliphatic heterocycles. The van der Waals surface area contributed by atoms with Crippen molar-refractivity contribution in [2.24, 2.45) is 11.8 Å². The van der Waals surface area contributed by atoms with Gasteiger partial charge in [0.2, 0.25) is 0 Å². The Labute approximate surface area is 151 Å². The maximum atomic E-state index is 12.8. The van der Waals surface area contributed by atoms with Gasteiger partial charge in [0, 0.05) is 23.1 Å². The number of allylic oxidation sites excluding steroid dienone is 2. The van der Waals surface area contributed by atoms with Crippen molar-refractivity contribution < 1.29 is 24.2 Å². The normalized spacial score (nSPS) is 21.9. The van der Waals surface area contributed by atoms with Gasteiger partial charge in [0.1, 0.15) is 5.69 Å². The largest absolute Gasteiger partial charge is 0.769 e. The molecule has 0 radical (unpaired) electrons. The molecule has 3 rings (SSSR count). The first kappa shape index (κ1) is 18.5. The molecule has 3 unspecified atom stereocenters. The second-order valence-electron chi connectivity index (χ2n) is 5.95. The van der Waals surface area contributed by atoms with Crippen LogP contribution in [-0.2, 0) is 20.3 Å². The van der Waals surface area contributed by atoms with Crippen molar-refractivity contribution in [3.63, 3.8) is 0 Å². The molecule has 2 N–H and O–H groups in total. The fourth-order valence-corrected chi connectivity index (χ4v) is 4.77. The van der Waals surface area contributed by atoms with Crippen LogP contribution in [0.25, 0.3) is 0 Å². The van der Waals surface area contributed by atoms with Gasteiger partial charge in [0.25, 0.3) is 0 Å². The Morgan fingerprint density at radius 2 is 2.00 bits per heavy atom. The molecular formula is C16H16N2O7S-2. The van der Waals surface area contributed by atoms with Crippen molar-refractivity contribution in [3.8, 4) is 0 Å². The summed E-state index contributed by atoms with van der Waals surface area (Å²) in [5.74, 6) is -0.556. The van der Waals surface area contributed by atoms with E-state index in [2.05, 4.69) is 0 Å². The summed E-state index contributed by atoms with van der Waals surface area (Å²) in [6, 6.07) is 3.27. The summed E-state index contributed by atoms with van der Waals surface area (Å²) < 4.78 is 17.6. The van der Waals surface area contributed by atoms with Gasteiger partial charge in [-0.2, -0.15) is 0 Å². The van der Waals surface area contributed by atoms with Crippen molar-refractivity contribution in [1.82, 2.24) is 0 Å². The van der Waals surface area contributed by atoms with Gasteiger partial charge in [-0.3, -0.25) is 14.6 Å². The van der Waals surface area contributed by atoms with Crippen LogP contribution in [-0.4, -0.2) is 33.5 Å². The summed E-state index contributed by atoms with van der Waals surface area (Å²) in [4.78, 5) is 12.1. The zero-order chi connectivity index (χ0) is 19.0. The highest BCUT2D eigenvalue weighted by Gasteiger charge is 2.39. The molecule has 0 saturated heterocycles. The van der Waals surface area contributed by atoms with Crippen LogP contribution in [0.1, 0.15) is 6.42 Å². The molecule has 140 valence electrons. The summed E-state index contributed by atoms with van der Waals surface area (Å²) in [6.07, 6.45) is 4.59. The highest BCUT2D eigenvalue weighted by Crippen LogP contribution is 2.45. The van der Waals surface area contributed by atoms with E-state index in [0.29, 0.717) is 11.1 Å². The molecule has 26 heavy (non-hydrogen) atoms. The van der Waals surface area contributed by atoms with E-state index in [1.165, 1.54) is 13.2 Å². The van der Waals surface area contributed by atoms with Crippen molar-refractivity contribution in [2.45, 2.75) is 11.3 Å². The minimum Gasteiger partial charge on any atom is -0.769 e. The summed E-state index contributed by atoms with van der Waals surface area (Å²) in [5, 5.41) is 39.4. The van der Waals surface area contributed by atoms with Crippen LogP contribution in [0.4, 0.5) is 11.4 Å². The number of methoxy groups -OCH3 is 1.